The maximum Gasteiger partial charge on any atom is 0.422 e. The predicted molar refractivity (Wildman–Crippen MR) is 168 cm³/mol. The maximum absolute atomic E-state index is 15.0. The van der Waals surface area contributed by atoms with Crippen LogP contribution < -0.4 is 15.0 Å². The van der Waals surface area contributed by atoms with E-state index < -0.39 is 58.4 Å². The number of nitrogens with one attached hydrogen (secondary N) is 1. The van der Waals surface area contributed by atoms with Gasteiger partial charge in [0.2, 0.25) is 0 Å². The molecular weight excluding hydrogens is 640 g/mol. The highest BCUT2D eigenvalue weighted by atomic mass is 32.1. The van der Waals surface area contributed by atoms with Gasteiger partial charge in [0.25, 0.3) is 5.91 Å². The molecule has 3 heterocycles. The van der Waals surface area contributed by atoms with Gasteiger partial charge in [-0.2, -0.15) is 23.4 Å². The summed E-state index contributed by atoms with van der Waals surface area (Å²) in [5, 5.41) is 12.0. The van der Waals surface area contributed by atoms with E-state index in [1.54, 1.807) is 26.8 Å². The van der Waals surface area contributed by atoms with E-state index >= 15 is 0 Å². The summed E-state index contributed by atoms with van der Waals surface area (Å²) < 4.78 is 70.5. The first-order valence-corrected chi connectivity index (χ1v) is 15.5. The summed E-state index contributed by atoms with van der Waals surface area (Å²) in [6.07, 6.45) is -1.49. The number of nitrogens with zero attached hydrogens (tertiary/aromatic N) is 5. The molecule has 0 spiro atoms. The second kappa shape index (κ2) is 13.5. The Morgan fingerprint density at radius 1 is 1.09 bits per heavy atom. The average Bonchev–Trinajstić information content (AvgIpc) is 3.68. The number of halogens is 4. The Bertz CT molecular complexity index is 1750. The molecule has 1 fully saturated rings. The number of amides is 2. The summed E-state index contributed by atoms with van der Waals surface area (Å²) in [6.45, 7) is 5.52. The Balaban J connectivity index is 1.53. The Kier molecular flexibility index (Phi) is 9.65. The minimum absolute atomic E-state index is 0.0254. The first-order chi connectivity index (χ1) is 22.2. The molecule has 0 bridgehead atoms. The van der Waals surface area contributed by atoms with Gasteiger partial charge in [-0.3, -0.25) is 4.79 Å². The normalized spacial score (nSPS) is 15.0. The van der Waals surface area contributed by atoms with E-state index in [0.717, 1.165) is 23.5 Å². The molecule has 1 aliphatic rings. The van der Waals surface area contributed by atoms with Crippen LogP contribution in [0.3, 0.4) is 0 Å². The van der Waals surface area contributed by atoms with Gasteiger partial charge < -0.3 is 24.6 Å². The van der Waals surface area contributed by atoms with Gasteiger partial charge in [-0.15, -0.1) is 11.3 Å². The highest BCUT2D eigenvalue weighted by Gasteiger charge is 2.42. The summed E-state index contributed by atoms with van der Waals surface area (Å²) in [7, 11) is 1.43. The van der Waals surface area contributed by atoms with E-state index in [9.17, 15) is 27.2 Å². The molecule has 2 amide bonds. The molecule has 0 radical (unpaired) electrons. The highest BCUT2D eigenvalue weighted by Crippen LogP contribution is 2.48. The van der Waals surface area contributed by atoms with Gasteiger partial charge in [-0.25, -0.2) is 14.2 Å². The molecular formula is C32H32F4N6O4S. The summed E-state index contributed by atoms with van der Waals surface area (Å²) in [6, 6.07) is 8.55. The largest absolute Gasteiger partial charge is 0.454 e. The van der Waals surface area contributed by atoms with Crippen LogP contribution in [0.5, 0.6) is 11.5 Å². The van der Waals surface area contributed by atoms with E-state index in [-0.39, 0.29) is 17.9 Å². The van der Waals surface area contributed by atoms with Crippen LogP contribution in [0.2, 0.25) is 0 Å². The van der Waals surface area contributed by atoms with Crippen LogP contribution in [0.1, 0.15) is 49.7 Å². The zero-order valence-electron chi connectivity index (χ0n) is 26.0. The molecule has 4 aromatic rings. The summed E-state index contributed by atoms with van der Waals surface area (Å²) >= 11 is 1.16. The minimum Gasteiger partial charge on any atom is -0.454 e. The number of para-hydroxylation sites is 1. The Hall–Kier alpha value is -4.79. The van der Waals surface area contributed by atoms with Crippen LogP contribution in [0.4, 0.5) is 33.7 Å². The number of rotatable bonds is 8. The number of thiazole rings is 1. The summed E-state index contributed by atoms with van der Waals surface area (Å²) in [4.78, 5) is 33.5. The Morgan fingerprint density at radius 3 is 2.53 bits per heavy atom. The highest BCUT2D eigenvalue weighted by molar-refractivity contribution is 7.13. The second-order valence-electron chi connectivity index (χ2n) is 11.8. The van der Waals surface area contributed by atoms with Crippen LogP contribution in [0.15, 0.2) is 60.2 Å². The smallest absolute Gasteiger partial charge is 0.422 e. The van der Waals surface area contributed by atoms with Crippen LogP contribution in [-0.2, 0) is 10.9 Å². The first kappa shape index (κ1) is 33.6. The lowest BCUT2D eigenvalue weighted by atomic mass is 10.1. The second-order valence-corrected chi connectivity index (χ2v) is 12.7. The molecule has 5 rings (SSSR count). The van der Waals surface area contributed by atoms with Gasteiger partial charge in [0.1, 0.15) is 27.6 Å². The molecule has 248 valence electrons. The number of carbonyl (C=O) groups is 2. The van der Waals surface area contributed by atoms with Crippen molar-refractivity contribution in [3.8, 4) is 22.1 Å². The van der Waals surface area contributed by atoms with Gasteiger partial charge in [-0.05, 0) is 63.9 Å². The zero-order chi connectivity index (χ0) is 33.9. The number of likely N-dealkylation sites (N-methyl/N-ethyl adjacent to an activating group) is 1. The topological polar surface area (TPSA) is 110 Å². The van der Waals surface area contributed by atoms with Gasteiger partial charge in [0, 0.05) is 31.1 Å². The lowest BCUT2D eigenvalue weighted by Gasteiger charge is -2.33. The minimum atomic E-state index is -5.01. The van der Waals surface area contributed by atoms with Crippen molar-refractivity contribution in [1.29, 1.82) is 0 Å². The van der Waals surface area contributed by atoms with Gasteiger partial charge >= 0.3 is 12.3 Å². The summed E-state index contributed by atoms with van der Waals surface area (Å²) in [5.41, 5.74) is -2.02. The van der Waals surface area contributed by atoms with Crippen molar-refractivity contribution in [2.45, 2.75) is 51.4 Å². The molecule has 1 unspecified atom stereocenters. The molecule has 15 heteroatoms. The van der Waals surface area contributed by atoms with E-state index in [1.807, 2.05) is 0 Å². The monoisotopic (exact) mass is 672 g/mol. The van der Waals surface area contributed by atoms with Crippen molar-refractivity contribution in [2.75, 3.05) is 30.4 Å². The summed E-state index contributed by atoms with van der Waals surface area (Å²) in [5.74, 6) is -2.68. The zero-order valence-corrected chi connectivity index (χ0v) is 26.8. The van der Waals surface area contributed by atoms with Crippen molar-refractivity contribution in [2.24, 2.45) is 0 Å². The lowest BCUT2D eigenvalue weighted by molar-refractivity contribution is -0.138. The number of hydrogen-bond donors (Lipinski definition) is 1. The number of anilines is 2. The Labute approximate surface area is 272 Å². The molecule has 1 atom stereocenters. The van der Waals surface area contributed by atoms with Gasteiger partial charge in [0.05, 0.1) is 29.8 Å². The van der Waals surface area contributed by atoms with Crippen molar-refractivity contribution in [1.82, 2.24) is 20.1 Å². The number of alkyl halides is 3. The van der Waals surface area contributed by atoms with Crippen molar-refractivity contribution < 1.29 is 36.6 Å². The number of benzene rings is 2. The molecule has 1 aliphatic heterocycles. The molecule has 1 N–H and O–H groups in total. The fraction of sp³-hybridized carbons (Fsp3) is 0.344. The standard InChI is InChI=1S/C32H32F4N6O4S/c1-31(2,3)46-30(44)42-15-7-8-20(42)17-41(4)27-22(39-28(43)23-18-47-29(40-23)19-13-14-37-38-16-19)11-12-25(26(27)32(34,35)36)45-24-10-6-5-9-21(24)33/h5-6,9-14,16,18,20H,7-8,15,17H2,1-4H3,(H,39,43). The molecule has 10 nitrogen and oxygen atoms in total. The average molecular weight is 673 g/mol. The van der Waals surface area contributed by atoms with Crippen molar-refractivity contribution >= 4 is 34.7 Å². The molecule has 1 saturated heterocycles. The number of ether oxygens (including phenoxy) is 2. The third-order valence-corrected chi connectivity index (χ3v) is 8.06. The van der Waals surface area contributed by atoms with Crippen molar-refractivity contribution in [3.05, 3.63) is 77.3 Å². The number of carbonyl (C=O) groups excluding carboxylic acids is 2. The lowest BCUT2D eigenvalue weighted by Crippen LogP contribution is -2.45. The predicted octanol–water partition coefficient (Wildman–Crippen LogP) is 7.64. The molecule has 2 aromatic heterocycles. The van der Waals surface area contributed by atoms with E-state index in [2.05, 4.69) is 20.5 Å². The fourth-order valence-corrected chi connectivity index (χ4v) is 5.97. The van der Waals surface area contributed by atoms with Gasteiger partial charge in [0.15, 0.2) is 11.6 Å². The van der Waals surface area contributed by atoms with Crippen LogP contribution in [0, 0.1) is 5.82 Å². The number of likely N-dealkylation sites (tertiary alicyclic amines) is 1. The third kappa shape index (κ3) is 7.96. The maximum atomic E-state index is 15.0. The SMILES string of the molecule is CN(CC1CCCN1C(=O)OC(C)(C)C)c1c(NC(=O)c2csc(-c3ccnnc3)n2)ccc(Oc2ccccc2F)c1C(F)(F)F. The van der Waals surface area contributed by atoms with Gasteiger partial charge in [-0.1, -0.05) is 12.1 Å². The van der Waals surface area contributed by atoms with E-state index in [4.69, 9.17) is 9.47 Å². The molecule has 0 aliphatic carbocycles. The van der Waals surface area contributed by atoms with E-state index in [0.29, 0.717) is 30.0 Å². The molecule has 47 heavy (non-hydrogen) atoms. The van der Waals surface area contributed by atoms with Crippen LogP contribution in [0.25, 0.3) is 10.6 Å². The first-order valence-electron chi connectivity index (χ1n) is 14.6. The van der Waals surface area contributed by atoms with Crippen LogP contribution in [-0.4, -0.2) is 63.9 Å². The number of aromatic nitrogens is 3. The third-order valence-electron chi connectivity index (χ3n) is 7.17. The fourth-order valence-electron chi connectivity index (χ4n) is 5.18. The molecule has 0 saturated carbocycles. The Morgan fingerprint density at radius 2 is 1.85 bits per heavy atom. The molecule has 2 aromatic carbocycles. The quantitative estimate of drug-likeness (QED) is 0.190. The number of hydrogen-bond acceptors (Lipinski definition) is 9. The van der Waals surface area contributed by atoms with E-state index in [1.165, 1.54) is 58.9 Å². The van der Waals surface area contributed by atoms with Crippen LogP contribution >= 0.6 is 11.3 Å². The van der Waals surface area contributed by atoms with Crippen molar-refractivity contribution in [3.63, 3.8) is 0 Å².